The summed E-state index contributed by atoms with van der Waals surface area (Å²) < 4.78 is 0. The number of amidine groups is 1. The lowest BCUT2D eigenvalue weighted by molar-refractivity contribution is -0.114. The van der Waals surface area contributed by atoms with E-state index in [1.165, 1.54) is 0 Å². The lowest BCUT2D eigenvalue weighted by Gasteiger charge is -2.18. The third kappa shape index (κ3) is 3.07. The number of benzene rings is 1. The molecule has 4 nitrogen and oxygen atoms in total. The number of Topliss-reactive ketones (excluding diaryl/α,β-unsaturated/α-hetero) is 1. The number of carbonyl (C=O) groups is 1. The highest BCUT2D eigenvalue weighted by Gasteiger charge is 2.22. The van der Waals surface area contributed by atoms with Gasteiger partial charge >= 0.3 is 0 Å². The van der Waals surface area contributed by atoms with E-state index < -0.39 is 0 Å². The number of nitrogens with one attached hydrogen (secondary N) is 1. The molecule has 2 rings (SSSR count). The van der Waals surface area contributed by atoms with Crippen LogP contribution in [0.25, 0.3) is 5.76 Å². The molecule has 0 atom stereocenters. The van der Waals surface area contributed by atoms with Gasteiger partial charge in [0.15, 0.2) is 5.78 Å². The van der Waals surface area contributed by atoms with E-state index in [1.807, 2.05) is 31.2 Å². The number of rotatable bonds is 4. The number of nitrogens with zero attached hydrogens (tertiary/aromatic N) is 1. The van der Waals surface area contributed by atoms with Crippen molar-refractivity contribution in [1.29, 1.82) is 0 Å². The van der Waals surface area contributed by atoms with Gasteiger partial charge in [-0.1, -0.05) is 36.8 Å². The Balaban J connectivity index is 2.48. The first-order valence-electron chi connectivity index (χ1n) is 6.95. The molecule has 1 heterocycles. The van der Waals surface area contributed by atoms with E-state index in [4.69, 9.17) is 0 Å². The summed E-state index contributed by atoms with van der Waals surface area (Å²) in [5.41, 5.74) is 2.05. The number of aliphatic hydroxyl groups excluding tert-OH is 1. The standard InChI is InChI=1S/C16H20N2O2/c1-3-13(19)14(16-17-9-4-10-18-16)15(20)12-7-5-11(2)6-8-12/h5-8,20H,3-4,9-10H2,1-2H3,(H,17,18)/b15-14-. The summed E-state index contributed by atoms with van der Waals surface area (Å²) >= 11 is 0. The highest BCUT2D eigenvalue weighted by atomic mass is 16.3. The Kier molecular flexibility index (Phi) is 4.56. The minimum Gasteiger partial charge on any atom is -0.506 e. The van der Waals surface area contributed by atoms with Gasteiger partial charge in [0.25, 0.3) is 0 Å². The molecule has 4 heteroatoms. The first kappa shape index (κ1) is 14.3. The minimum atomic E-state index is -0.101. The third-order valence-electron chi connectivity index (χ3n) is 3.30. The molecule has 0 fully saturated rings. The summed E-state index contributed by atoms with van der Waals surface area (Å²) in [7, 11) is 0. The molecule has 1 aromatic carbocycles. The van der Waals surface area contributed by atoms with Gasteiger partial charge in [0, 0.05) is 25.1 Å². The molecule has 0 saturated carbocycles. The number of carbonyl (C=O) groups excluding carboxylic acids is 1. The lowest BCUT2D eigenvalue weighted by Crippen LogP contribution is -2.34. The summed E-state index contributed by atoms with van der Waals surface area (Å²) in [5, 5.41) is 13.6. The molecule has 0 spiro atoms. The Morgan fingerprint density at radius 1 is 1.35 bits per heavy atom. The van der Waals surface area contributed by atoms with Crippen LogP contribution in [0.15, 0.2) is 34.8 Å². The fourth-order valence-electron chi connectivity index (χ4n) is 2.11. The molecule has 0 aliphatic carbocycles. The Morgan fingerprint density at radius 2 is 2.05 bits per heavy atom. The van der Waals surface area contributed by atoms with Crippen molar-refractivity contribution < 1.29 is 9.90 Å². The van der Waals surface area contributed by atoms with Gasteiger partial charge in [0.1, 0.15) is 17.2 Å². The van der Waals surface area contributed by atoms with Crippen LogP contribution in [0, 0.1) is 6.92 Å². The van der Waals surface area contributed by atoms with Gasteiger partial charge in [-0.2, -0.15) is 0 Å². The molecule has 0 aromatic heterocycles. The molecule has 1 aliphatic heterocycles. The van der Waals surface area contributed by atoms with Crippen molar-refractivity contribution in [3.63, 3.8) is 0 Å². The predicted molar refractivity (Wildman–Crippen MR) is 80.9 cm³/mol. The van der Waals surface area contributed by atoms with E-state index in [0.29, 0.717) is 29.9 Å². The molecule has 106 valence electrons. The van der Waals surface area contributed by atoms with E-state index in [-0.39, 0.29) is 11.5 Å². The monoisotopic (exact) mass is 272 g/mol. The maximum atomic E-state index is 12.2. The van der Waals surface area contributed by atoms with E-state index in [1.54, 1.807) is 6.92 Å². The normalized spacial score (nSPS) is 16.0. The van der Waals surface area contributed by atoms with Gasteiger partial charge in [0.05, 0.1) is 0 Å². The fraction of sp³-hybridized carbons (Fsp3) is 0.375. The molecule has 0 radical (unpaired) electrons. The van der Waals surface area contributed by atoms with Crippen molar-refractivity contribution in [3.05, 3.63) is 41.0 Å². The largest absolute Gasteiger partial charge is 0.506 e. The second-order valence-corrected chi connectivity index (χ2v) is 4.88. The zero-order valence-corrected chi connectivity index (χ0v) is 11.9. The number of ketones is 1. The zero-order chi connectivity index (χ0) is 14.5. The number of hydrogen-bond acceptors (Lipinski definition) is 4. The van der Waals surface area contributed by atoms with Crippen LogP contribution in [0.4, 0.5) is 0 Å². The summed E-state index contributed by atoms with van der Waals surface area (Å²) in [5.74, 6) is 0.419. The Hall–Kier alpha value is -2.10. The van der Waals surface area contributed by atoms with Gasteiger partial charge in [-0.05, 0) is 13.3 Å². The molecule has 2 N–H and O–H groups in total. The molecule has 1 aliphatic rings. The van der Waals surface area contributed by atoms with Crippen LogP contribution in [0.3, 0.4) is 0 Å². The Bertz CT molecular complexity index is 556. The zero-order valence-electron chi connectivity index (χ0n) is 11.9. The summed E-state index contributed by atoms with van der Waals surface area (Å²) in [4.78, 5) is 16.5. The van der Waals surface area contributed by atoms with Crippen LogP contribution < -0.4 is 5.32 Å². The molecule has 1 aromatic rings. The lowest BCUT2D eigenvalue weighted by atomic mass is 10.0. The van der Waals surface area contributed by atoms with Crippen LogP contribution in [-0.2, 0) is 4.79 Å². The van der Waals surface area contributed by atoms with Gasteiger partial charge in [0.2, 0.25) is 0 Å². The first-order valence-corrected chi connectivity index (χ1v) is 6.95. The van der Waals surface area contributed by atoms with E-state index in [9.17, 15) is 9.90 Å². The van der Waals surface area contributed by atoms with Crippen molar-refractivity contribution in [2.75, 3.05) is 13.1 Å². The van der Waals surface area contributed by atoms with Gasteiger partial charge in [-0.15, -0.1) is 0 Å². The quantitative estimate of drug-likeness (QED) is 0.654. The molecule has 0 amide bonds. The topological polar surface area (TPSA) is 61.7 Å². The predicted octanol–water partition coefficient (Wildman–Crippen LogP) is 2.64. The van der Waals surface area contributed by atoms with Crippen molar-refractivity contribution >= 4 is 17.4 Å². The molecule has 0 saturated heterocycles. The summed E-state index contributed by atoms with van der Waals surface area (Å²) in [6, 6.07) is 7.46. The van der Waals surface area contributed by atoms with Crippen molar-refractivity contribution in [2.24, 2.45) is 4.99 Å². The maximum Gasteiger partial charge on any atom is 0.170 e. The second-order valence-electron chi connectivity index (χ2n) is 4.88. The van der Waals surface area contributed by atoms with Crippen LogP contribution in [0.2, 0.25) is 0 Å². The van der Waals surface area contributed by atoms with Gasteiger partial charge in [-0.25, -0.2) is 0 Å². The SMILES string of the molecule is CCC(=O)/C(C1=NCCCN1)=C(/O)c1ccc(C)cc1. The van der Waals surface area contributed by atoms with Crippen LogP contribution >= 0.6 is 0 Å². The van der Waals surface area contributed by atoms with E-state index >= 15 is 0 Å². The number of aliphatic imine (C=N–C) groups is 1. The molecule has 0 bridgehead atoms. The second kappa shape index (κ2) is 6.37. The smallest absolute Gasteiger partial charge is 0.170 e. The van der Waals surface area contributed by atoms with Crippen molar-refractivity contribution in [3.8, 4) is 0 Å². The Morgan fingerprint density at radius 3 is 2.60 bits per heavy atom. The number of aryl methyl sites for hydroxylation is 1. The minimum absolute atomic E-state index is 0.00463. The summed E-state index contributed by atoms with van der Waals surface area (Å²) in [6.07, 6.45) is 1.29. The third-order valence-corrected chi connectivity index (χ3v) is 3.30. The Labute approximate surface area is 119 Å². The van der Waals surface area contributed by atoms with Crippen molar-refractivity contribution in [1.82, 2.24) is 5.32 Å². The molecular formula is C16H20N2O2. The van der Waals surface area contributed by atoms with Crippen LogP contribution in [-0.4, -0.2) is 29.8 Å². The van der Waals surface area contributed by atoms with Crippen molar-refractivity contribution in [2.45, 2.75) is 26.7 Å². The maximum absolute atomic E-state index is 12.2. The highest BCUT2D eigenvalue weighted by Crippen LogP contribution is 2.20. The molecular weight excluding hydrogens is 252 g/mol. The average molecular weight is 272 g/mol. The van der Waals surface area contributed by atoms with Gasteiger partial charge in [-0.3, -0.25) is 9.79 Å². The summed E-state index contributed by atoms with van der Waals surface area (Å²) in [6.45, 7) is 5.23. The fourth-order valence-corrected chi connectivity index (χ4v) is 2.11. The molecule has 0 unspecified atom stereocenters. The highest BCUT2D eigenvalue weighted by molar-refractivity contribution is 6.25. The van der Waals surface area contributed by atoms with E-state index in [0.717, 1.165) is 18.5 Å². The first-order chi connectivity index (χ1) is 9.63. The number of aliphatic hydroxyl groups is 1. The van der Waals surface area contributed by atoms with Crippen LogP contribution in [0.5, 0.6) is 0 Å². The van der Waals surface area contributed by atoms with E-state index in [2.05, 4.69) is 10.3 Å². The van der Waals surface area contributed by atoms with Crippen LogP contribution in [0.1, 0.15) is 30.9 Å². The number of hydrogen-bond donors (Lipinski definition) is 2. The average Bonchev–Trinajstić information content (AvgIpc) is 2.49. The molecule has 20 heavy (non-hydrogen) atoms. The van der Waals surface area contributed by atoms with Gasteiger partial charge < -0.3 is 10.4 Å².